The van der Waals surface area contributed by atoms with Gasteiger partial charge in [0, 0.05) is 16.2 Å². The Morgan fingerprint density at radius 3 is 2.21 bits per heavy atom. The zero-order valence-electron chi connectivity index (χ0n) is 17.8. The first-order chi connectivity index (χ1) is 16.3. The number of fused-ring (bicyclic) bond motifs is 4. The molecule has 33 heavy (non-hydrogen) atoms. The van der Waals surface area contributed by atoms with Gasteiger partial charge in [0.2, 0.25) is 0 Å². The third-order valence-corrected chi connectivity index (χ3v) is 6.89. The maximum absolute atomic E-state index is 13.7. The number of pyridine rings is 1. The number of rotatable bonds is 2. The standard InChI is InChI=1S/C30H20N2O/c33-30-25-16-15-22(20-10-5-2-6-11-20)23-12-7-13-24(28(23)25)29-31-26-18-21(14-17-27(26)32(29)30)19-8-3-1-4-9-19/h1-18,26-27H. The highest BCUT2D eigenvalue weighted by Crippen LogP contribution is 2.35. The maximum atomic E-state index is 13.7. The molecule has 0 amide bonds. The minimum absolute atomic E-state index is 0.0331. The molecule has 2 unspecified atom stereocenters. The van der Waals surface area contributed by atoms with Crippen LogP contribution in [0.5, 0.6) is 0 Å². The normalized spacial score (nSPS) is 18.7. The van der Waals surface area contributed by atoms with Gasteiger partial charge in [0.05, 0.1) is 12.1 Å². The molecule has 4 aromatic carbocycles. The Kier molecular flexibility index (Phi) is 3.82. The van der Waals surface area contributed by atoms with Crippen LogP contribution in [0.1, 0.15) is 11.6 Å². The van der Waals surface area contributed by atoms with Crippen molar-refractivity contribution in [1.82, 2.24) is 4.57 Å². The summed E-state index contributed by atoms with van der Waals surface area (Å²) >= 11 is 0. The van der Waals surface area contributed by atoms with Crippen molar-refractivity contribution in [2.24, 2.45) is 4.99 Å². The number of benzene rings is 4. The van der Waals surface area contributed by atoms with Crippen molar-refractivity contribution in [2.75, 3.05) is 0 Å². The fourth-order valence-corrected chi connectivity index (χ4v) is 5.38. The summed E-state index contributed by atoms with van der Waals surface area (Å²) in [5.41, 5.74) is 5.42. The van der Waals surface area contributed by atoms with E-state index in [-0.39, 0.29) is 17.6 Å². The van der Waals surface area contributed by atoms with E-state index in [0.29, 0.717) is 0 Å². The average molecular weight is 425 g/mol. The molecule has 5 aromatic rings. The molecule has 0 fully saturated rings. The van der Waals surface area contributed by atoms with Crippen LogP contribution in [0.4, 0.5) is 0 Å². The van der Waals surface area contributed by atoms with E-state index in [1.807, 2.05) is 47.0 Å². The highest BCUT2D eigenvalue weighted by atomic mass is 16.1. The van der Waals surface area contributed by atoms with Gasteiger partial charge in [0.25, 0.3) is 5.56 Å². The van der Waals surface area contributed by atoms with Crippen molar-refractivity contribution in [3.05, 3.63) is 131 Å². The molecule has 2 atom stereocenters. The van der Waals surface area contributed by atoms with Gasteiger partial charge < -0.3 is 0 Å². The van der Waals surface area contributed by atoms with Crippen LogP contribution in [0.15, 0.2) is 119 Å². The van der Waals surface area contributed by atoms with Crippen LogP contribution in [0.25, 0.3) is 38.2 Å². The first kappa shape index (κ1) is 18.3. The van der Waals surface area contributed by atoms with Crippen molar-refractivity contribution in [3.63, 3.8) is 0 Å². The summed E-state index contributed by atoms with van der Waals surface area (Å²) in [6.45, 7) is 0. The lowest BCUT2D eigenvalue weighted by Gasteiger charge is -2.20. The van der Waals surface area contributed by atoms with E-state index in [1.165, 1.54) is 5.56 Å². The van der Waals surface area contributed by atoms with E-state index in [9.17, 15) is 4.79 Å². The van der Waals surface area contributed by atoms with E-state index in [1.54, 1.807) is 0 Å². The van der Waals surface area contributed by atoms with Gasteiger partial charge in [-0.2, -0.15) is 0 Å². The summed E-state index contributed by atoms with van der Waals surface area (Å²) in [5.74, 6) is 0. The molecule has 0 bridgehead atoms. The third kappa shape index (κ3) is 2.63. The monoisotopic (exact) mass is 424 g/mol. The Balaban J connectivity index is 1.49. The van der Waals surface area contributed by atoms with E-state index in [2.05, 4.69) is 66.8 Å². The predicted molar refractivity (Wildman–Crippen MR) is 134 cm³/mol. The van der Waals surface area contributed by atoms with Crippen LogP contribution in [0, 0.1) is 0 Å². The number of hydrogen-bond acceptors (Lipinski definition) is 2. The largest absolute Gasteiger partial charge is 0.283 e. The fraction of sp³-hybridized carbons (Fsp3) is 0.0667. The van der Waals surface area contributed by atoms with E-state index in [0.717, 1.165) is 43.7 Å². The molecule has 0 saturated heterocycles. The highest BCUT2D eigenvalue weighted by molar-refractivity contribution is 6.14. The van der Waals surface area contributed by atoms with Gasteiger partial charge in [0.1, 0.15) is 5.49 Å². The predicted octanol–water partition coefficient (Wildman–Crippen LogP) is 5.74. The second-order valence-corrected chi connectivity index (χ2v) is 8.71. The molecule has 1 aliphatic carbocycles. The molecule has 1 aromatic heterocycles. The van der Waals surface area contributed by atoms with Gasteiger partial charge in [-0.25, -0.2) is 0 Å². The zero-order chi connectivity index (χ0) is 21.9. The lowest BCUT2D eigenvalue weighted by molar-refractivity contribution is 0.579. The second kappa shape index (κ2) is 6.88. The van der Waals surface area contributed by atoms with Crippen LogP contribution < -0.4 is 11.0 Å². The summed E-state index contributed by atoms with van der Waals surface area (Å²) in [5, 5.41) is 3.90. The van der Waals surface area contributed by atoms with Gasteiger partial charge in [-0.3, -0.25) is 14.4 Å². The van der Waals surface area contributed by atoms with Gasteiger partial charge in [-0.15, -0.1) is 0 Å². The summed E-state index contributed by atoms with van der Waals surface area (Å²) in [6.07, 6.45) is 6.44. The van der Waals surface area contributed by atoms with Crippen LogP contribution in [0.3, 0.4) is 0 Å². The highest BCUT2D eigenvalue weighted by Gasteiger charge is 2.31. The topological polar surface area (TPSA) is 34.4 Å². The Morgan fingerprint density at radius 1 is 0.697 bits per heavy atom. The lowest BCUT2D eigenvalue weighted by atomic mass is 9.93. The minimum atomic E-state index is -0.0860. The van der Waals surface area contributed by atoms with Crippen LogP contribution in [-0.4, -0.2) is 10.6 Å². The van der Waals surface area contributed by atoms with Gasteiger partial charge in [0.15, 0.2) is 0 Å². The van der Waals surface area contributed by atoms with Crippen molar-refractivity contribution in [2.45, 2.75) is 12.1 Å². The third-order valence-electron chi connectivity index (χ3n) is 6.89. The van der Waals surface area contributed by atoms with Gasteiger partial charge in [-0.1, -0.05) is 97.1 Å². The minimum Gasteiger partial charge on any atom is -0.283 e. The molecule has 7 rings (SSSR count). The SMILES string of the molecule is O=c1c2ccc(-c3ccccc3)c3cccc(c4n1C1C=CC(c5ccccc5)=CC1N=4)c32. The lowest BCUT2D eigenvalue weighted by Crippen LogP contribution is -2.34. The Hall–Kier alpha value is -4.24. The van der Waals surface area contributed by atoms with Gasteiger partial charge >= 0.3 is 0 Å². The van der Waals surface area contributed by atoms with Crippen LogP contribution >= 0.6 is 0 Å². The molecule has 0 saturated carbocycles. The number of allylic oxidation sites excluding steroid dienone is 2. The van der Waals surface area contributed by atoms with Crippen LogP contribution in [-0.2, 0) is 0 Å². The molecule has 2 heterocycles. The molecule has 0 spiro atoms. The molecule has 3 nitrogen and oxygen atoms in total. The molecule has 0 N–H and O–H groups in total. The summed E-state index contributed by atoms with van der Waals surface area (Å²) < 4.78 is 1.89. The van der Waals surface area contributed by atoms with E-state index >= 15 is 0 Å². The average Bonchev–Trinajstić information content (AvgIpc) is 3.27. The Morgan fingerprint density at radius 2 is 1.42 bits per heavy atom. The molecule has 3 heteroatoms. The number of nitrogens with zero attached hydrogens (tertiary/aromatic N) is 2. The smallest absolute Gasteiger partial charge is 0.260 e. The fourth-order valence-electron chi connectivity index (χ4n) is 5.38. The number of aromatic nitrogens is 1. The first-order valence-electron chi connectivity index (χ1n) is 11.3. The molecule has 2 aliphatic rings. The van der Waals surface area contributed by atoms with Crippen molar-refractivity contribution in [3.8, 4) is 11.1 Å². The molecular weight excluding hydrogens is 404 g/mol. The molecular formula is C30H20N2O. The summed E-state index contributed by atoms with van der Waals surface area (Å²) in [6, 6.07) is 30.9. The maximum Gasteiger partial charge on any atom is 0.260 e. The molecule has 156 valence electrons. The number of hydrogen-bond donors (Lipinski definition) is 0. The second-order valence-electron chi connectivity index (χ2n) is 8.71. The zero-order valence-corrected chi connectivity index (χ0v) is 17.8. The van der Waals surface area contributed by atoms with Crippen LogP contribution in [0.2, 0.25) is 0 Å². The summed E-state index contributed by atoms with van der Waals surface area (Å²) in [7, 11) is 0. The van der Waals surface area contributed by atoms with E-state index < -0.39 is 0 Å². The van der Waals surface area contributed by atoms with E-state index in [4.69, 9.17) is 4.99 Å². The first-order valence-corrected chi connectivity index (χ1v) is 11.3. The van der Waals surface area contributed by atoms with Crippen molar-refractivity contribution >= 4 is 27.1 Å². The van der Waals surface area contributed by atoms with Crippen molar-refractivity contribution in [1.29, 1.82) is 0 Å². The summed E-state index contributed by atoms with van der Waals surface area (Å²) in [4.78, 5) is 18.8. The Labute approximate surface area is 190 Å². The van der Waals surface area contributed by atoms with Crippen molar-refractivity contribution < 1.29 is 0 Å². The van der Waals surface area contributed by atoms with Gasteiger partial charge in [-0.05, 0) is 39.8 Å². The quantitative estimate of drug-likeness (QED) is 0.356. The molecule has 0 radical (unpaired) electrons. The Bertz CT molecular complexity index is 1730. The molecule has 1 aliphatic heterocycles.